The van der Waals surface area contributed by atoms with Crippen molar-refractivity contribution >= 4 is 22.8 Å². The van der Waals surface area contributed by atoms with Crippen molar-refractivity contribution in [2.75, 3.05) is 33.0 Å². The maximum absolute atomic E-state index is 12.1. The molecule has 2 fully saturated rings. The van der Waals surface area contributed by atoms with Crippen molar-refractivity contribution in [1.29, 1.82) is 0 Å². The van der Waals surface area contributed by atoms with Gasteiger partial charge in [0, 0.05) is 25.1 Å². The summed E-state index contributed by atoms with van der Waals surface area (Å²) < 4.78 is 12.9. The van der Waals surface area contributed by atoms with E-state index < -0.39 is 0 Å². The van der Waals surface area contributed by atoms with Crippen LogP contribution in [0.25, 0.3) is 11.0 Å². The van der Waals surface area contributed by atoms with Gasteiger partial charge in [-0.05, 0) is 49.0 Å². The lowest BCUT2D eigenvalue weighted by Crippen LogP contribution is -2.27. The molecule has 33 heavy (non-hydrogen) atoms. The number of amides is 1. The molecule has 1 aliphatic heterocycles. The van der Waals surface area contributed by atoms with Crippen LogP contribution in [0.3, 0.4) is 0 Å². The minimum atomic E-state index is -0.0501. The third kappa shape index (κ3) is 3.67. The Hall–Kier alpha value is -3.62. The number of anilines is 1. The van der Waals surface area contributed by atoms with Crippen LogP contribution < -0.4 is 15.2 Å². The molecule has 1 saturated heterocycles. The lowest BCUT2D eigenvalue weighted by atomic mass is 9.75. The van der Waals surface area contributed by atoms with Crippen LogP contribution in [0.2, 0.25) is 0 Å². The van der Waals surface area contributed by atoms with Crippen LogP contribution in [0.4, 0.5) is 5.82 Å². The van der Waals surface area contributed by atoms with E-state index in [1.54, 1.807) is 14.2 Å². The van der Waals surface area contributed by atoms with Gasteiger partial charge in [0.25, 0.3) is 0 Å². The Morgan fingerprint density at radius 3 is 2.55 bits per heavy atom. The second-order valence-electron chi connectivity index (χ2n) is 8.73. The molecule has 9 heteroatoms. The first-order valence-corrected chi connectivity index (χ1v) is 11.1. The summed E-state index contributed by atoms with van der Waals surface area (Å²) in [6.07, 6.45) is 5.54. The average molecular weight is 449 g/mol. The number of nitrogen functional groups attached to an aromatic ring is 1. The summed E-state index contributed by atoms with van der Waals surface area (Å²) in [6.45, 7) is 4.90. The first-order chi connectivity index (χ1) is 16.0. The molecule has 5 rings (SSSR count). The predicted octanol–water partition coefficient (Wildman–Crippen LogP) is 3.05. The Morgan fingerprint density at radius 1 is 1.15 bits per heavy atom. The van der Waals surface area contributed by atoms with Crippen molar-refractivity contribution in [3.63, 3.8) is 0 Å². The molecule has 0 unspecified atom stereocenters. The molecule has 3 heterocycles. The Kier molecular flexibility index (Phi) is 5.39. The van der Waals surface area contributed by atoms with E-state index in [9.17, 15) is 4.79 Å². The van der Waals surface area contributed by atoms with Crippen LogP contribution in [0.5, 0.6) is 11.5 Å². The van der Waals surface area contributed by atoms with Crippen LogP contribution >= 0.6 is 0 Å². The van der Waals surface area contributed by atoms with Crippen molar-refractivity contribution < 1.29 is 14.3 Å². The number of likely N-dealkylation sites (tertiary alicyclic amines) is 1. The maximum Gasteiger partial charge on any atom is 0.245 e. The highest BCUT2D eigenvalue weighted by Gasteiger charge is 2.37. The van der Waals surface area contributed by atoms with Gasteiger partial charge in [0.1, 0.15) is 28.9 Å². The molecule has 1 saturated carbocycles. The Morgan fingerprint density at radius 2 is 1.88 bits per heavy atom. The van der Waals surface area contributed by atoms with Crippen LogP contribution in [0.15, 0.2) is 37.2 Å². The zero-order valence-electron chi connectivity index (χ0n) is 18.9. The number of rotatable bonds is 6. The molecule has 2 aliphatic rings. The van der Waals surface area contributed by atoms with Crippen LogP contribution in [-0.2, 0) is 4.79 Å². The molecular formula is C24H28N6O3. The number of nitrogens with two attached hydrogens (primary N) is 1. The number of fused-ring (bicyclic) bond motifs is 1. The van der Waals surface area contributed by atoms with Gasteiger partial charge >= 0.3 is 0 Å². The number of benzene rings is 1. The minimum absolute atomic E-state index is 0.0501. The molecule has 1 atom stereocenters. The molecule has 1 amide bonds. The second-order valence-corrected chi connectivity index (χ2v) is 8.73. The quantitative estimate of drug-likeness (QED) is 0.577. The van der Waals surface area contributed by atoms with Gasteiger partial charge in [0.05, 0.1) is 26.0 Å². The molecule has 9 nitrogen and oxygen atoms in total. The normalized spacial score (nSPS) is 22.2. The van der Waals surface area contributed by atoms with Crippen molar-refractivity contribution in [2.45, 2.75) is 37.1 Å². The SMILES string of the molecule is C=CC(=O)N1CC[C@H](c2nn(C3CC(c4cc(OC)cc(OC)c4)C3)c3c(N)ncnc23)C1. The Balaban J connectivity index is 1.42. The van der Waals surface area contributed by atoms with Crippen molar-refractivity contribution in [2.24, 2.45) is 0 Å². The number of ether oxygens (including phenoxy) is 2. The maximum atomic E-state index is 12.1. The highest BCUT2D eigenvalue weighted by Crippen LogP contribution is 2.48. The summed E-state index contributed by atoms with van der Waals surface area (Å²) in [7, 11) is 3.32. The van der Waals surface area contributed by atoms with E-state index >= 15 is 0 Å². The number of hydrogen-bond acceptors (Lipinski definition) is 7. The van der Waals surface area contributed by atoms with Crippen molar-refractivity contribution in [3.05, 3.63) is 48.4 Å². The number of hydrogen-bond donors (Lipinski definition) is 1. The van der Waals surface area contributed by atoms with E-state index in [1.807, 2.05) is 15.6 Å². The minimum Gasteiger partial charge on any atom is -0.497 e. The molecule has 0 bridgehead atoms. The number of aromatic nitrogens is 4. The molecule has 3 aromatic rings. The third-order valence-electron chi connectivity index (χ3n) is 6.90. The summed E-state index contributed by atoms with van der Waals surface area (Å²) in [4.78, 5) is 22.6. The van der Waals surface area contributed by atoms with Crippen molar-refractivity contribution in [3.8, 4) is 11.5 Å². The van der Waals surface area contributed by atoms with E-state index in [1.165, 1.54) is 18.0 Å². The van der Waals surface area contributed by atoms with Gasteiger partial charge in [0.15, 0.2) is 5.82 Å². The standard InChI is InChI=1S/C24H28N6O3/c1-4-20(31)29-6-5-14(12-29)21-22-23(24(25)27-13-26-22)30(28-21)17-7-15(8-17)16-9-18(32-2)11-19(10-16)33-3/h4,9-11,13-15,17H,1,5-8,12H2,2-3H3,(H2,25,26,27)/t14-,15?,17?/m0/s1. The van der Waals surface area contributed by atoms with Gasteiger partial charge in [-0.25, -0.2) is 9.97 Å². The van der Waals surface area contributed by atoms with Crippen molar-refractivity contribution in [1.82, 2.24) is 24.6 Å². The van der Waals surface area contributed by atoms with Gasteiger partial charge in [-0.15, -0.1) is 0 Å². The van der Waals surface area contributed by atoms with E-state index in [4.69, 9.17) is 20.3 Å². The number of carbonyl (C=O) groups excluding carboxylic acids is 1. The predicted molar refractivity (Wildman–Crippen MR) is 124 cm³/mol. The number of methoxy groups -OCH3 is 2. The van der Waals surface area contributed by atoms with Crippen LogP contribution in [0.1, 0.15) is 48.4 Å². The zero-order chi connectivity index (χ0) is 23.1. The van der Waals surface area contributed by atoms with Gasteiger partial charge in [-0.2, -0.15) is 5.10 Å². The Bertz CT molecular complexity index is 1190. The van der Waals surface area contributed by atoms with Gasteiger partial charge < -0.3 is 20.1 Å². The molecular weight excluding hydrogens is 420 g/mol. The highest BCUT2D eigenvalue weighted by molar-refractivity contribution is 5.88. The van der Waals surface area contributed by atoms with E-state index in [0.29, 0.717) is 24.8 Å². The van der Waals surface area contributed by atoms with E-state index in [0.717, 1.165) is 47.5 Å². The van der Waals surface area contributed by atoms with Crippen LogP contribution in [-0.4, -0.2) is 57.9 Å². The lowest BCUT2D eigenvalue weighted by molar-refractivity contribution is -0.125. The molecule has 0 spiro atoms. The number of nitrogens with zero attached hydrogens (tertiary/aromatic N) is 5. The summed E-state index contributed by atoms with van der Waals surface area (Å²) in [6, 6.07) is 6.21. The summed E-state index contributed by atoms with van der Waals surface area (Å²) in [5.74, 6) is 2.45. The smallest absolute Gasteiger partial charge is 0.245 e. The molecule has 2 aromatic heterocycles. The van der Waals surface area contributed by atoms with Gasteiger partial charge in [0.2, 0.25) is 5.91 Å². The lowest BCUT2D eigenvalue weighted by Gasteiger charge is -2.36. The van der Waals surface area contributed by atoms with Gasteiger partial charge in [-0.3, -0.25) is 9.48 Å². The monoisotopic (exact) mass is 448 g/mol. The molecule has 2 N–H and O–H groups in total. The number of carbonyl (C=O) groups is 1. The van der Waals surface area contributed by atoms with E-state index in [2.05, 4.69) is 28.7 Å². The summed E-state index contributed by atoms with van der Waals surface area (Å²) in [5.41, 5.74) is 9.94. The zero-order valence-corrected chi connectivity index (χ0v) is 18.9. The summed E-state index contributed by atoms with van der Waals surface area (Å²) >= 11 is 0. The molecule has 172 valence electrons. The van der Waals surface area contributed by atoms with Crippen LogP contribution in [0, 0.1) is 0 Å². The Labute approximate surface area is 192 Å². The fourth-order valence-corrected chi connectivity index (χ4v) is 5.00. The first kappa shape index (κ1) is 21.2. The third-order valence-corrected chi connectivity index (χ3v) is 6.90. The molecule has 0 radical (unpaired) electrons. The highest BCUT2D eigenvalue weighted by atomic mass is 16.5. The fourth-order valence-electron chi connectivity index (χ4n) is 5.00. The fraction of sp³-hybridized carbons (Fsp3) is 0.417. The summed E-state index contributed by atoms with van der Waals surface area (Å²) in [5, 5.41) is 4.99. The topological polar surface area (TPSA) is 108 Å². The second kappa shape index (κ2) is 8.38. The molecule has 1 aromatic carbocycles. The average Bonchev–Trinajstić information content (AvgIpc) is 3.43. The van der Waals surface area contributed by atoms with Gasteiger partial charge in [-0.1, -0.05) is 6.58 Å². The van der Waals surface area contributed by atoms with E-state index in [-0.39, 0.29) is 17.9 Å². The molecule has 1 aliphatic carbocycles. The first-order valence-electron chi connectivity index (χ1n) is 11.1. The largest absolute Gasteiger partial charge is 0.497 e.